The van der Waals surface area contributed by atoms with Crippen LogP contribution in [0.2, 0.25) is 0 Å². The molecule has 2 aromatic heterocycles. The molecule has 2 N–H and O–H groups in total. The first-order valence-corrected chi connectivity index (χ1v) is 14.7. The first-order valence-electron chi connectivity index (χ1n) is 13.9. The zero-order valence-corrected chi connectivity index (χ0v) is 24.1. The van der Waals surface area contributed by atoms with E-state index in [2.05, 4.69) is 28.6 Å². The predicted octanol–water partition coefficient (Wildman–Crippen LogP) is 7.26. The highest BCUT2D eigenvalue weighted by Gasteiger charge is 2.19. The van der Waals surface area contributed by atoms with E-state index in [1.807, 2.05) is 62.5 Å². The molecule has 0 unspecified atom stereocenters. The molecule has 0 atom stereocenters. The number of thiophene rings is 1. The number of nitrogens with zero attached hydrogens (tertiary/aromatic N) is 3. The van der Waals surface area contributed by atoms with Gasteiger partial charge in [0, 0.05) is 47.2 Å². The normalized spacial score (nSPS) is 12.5. The molecule has 0 bridgehead atoms. The standard InChI is InChI=1S/C32H35N5O2S/c1-4-5-19-37(3)31(39)22-13-15-24(16-14-22)34-32-33-18-17-27(36-32)25-10-8-11-26(21(25)2)35-30(38)29-20-23-9-6-7-12-28(23)40-29/h8,10-11,13-18,20H,4-7,9,12,19H2,1-3H3,(H,35,38)(H,33,34,36). The number of unbranched alkanes of at least 4 members (excludes halogenated alkanes) is 1. The van der Waals surface area contributed by atoms with E-state index in [4.69, 9.17) is 4.98 Å². The van der Waals surface area contributed by atoms with Crippen molar-refractivity contribution in [2.45, 2.75) is 52.4 Å². The van der Waals surface area contributed by atoms with Gasteiger partial charge in [0.2, 0.25) is 5.95 Å². The number of carbonyl (C=O) groups is 2. The number of anilines is 3. The van der Waals surface area contributed by atoms with Gasteiger partial charge in [-0.3, -0.25) is 9.59 Å². The van der Waals surface area contributed by atoms with Gasteiger partial charge in [-0.2, -0.15) is 0 Å². The first-order chi connectivity index (χ1) is 19.4. The molecule has 0 radical (unpaired) electrons. The van der Waals surface area contributed by atoms with Crippen LogP contribution < -0.4 is 10.6 Å². The highest BCUT2D eigenvalue weighted by atomic mass is 32.1. The lowest BCUT2D eigenvalue weighted by molar-refractivity contribution is 0.0793. The van der Waals surface area contributed by atoms with E-state index in [1.165, 1.54) is 23.3 Å². The molecular formula is C32H35N5O2S. The molecular weight excluding hydrogens is 518 g/mol. The summed E-state index contributed by atoms with van der Waals surface area (Å²) in [6, 6.07) is 17.1. The van der Waals surface area contributed by atoms with Crippen LogP contribution in [0.3, 0.4) is 0 Å². The van der Waals surface area contributed by atoms with E-state index in [0.717, 1.165) is 65.3 Å². The van der Waals surface area contributed by atoms with Crippen molar-refractivity contribution in [1.29, 1.82) is 0 Å². The molecule has 1 aliphatic rings. The van der Waals surface area contributed by atoms with Crippen LogP contribution >= 0.6 is 11.3 Å². The quantitative estimate of drug-likeness (QED) is 0.228. The number of hydrogen-bond donors (Lipinski definition) is 2. The first kappa shape index (κ1) is 27.5. The molecule has 8 heteroatoms. The van der Waals surface area contributed by atoms with E-state index >= 15 is 0 Å². The summed E-state index contributed by atoms with van der Waals surface area (Å²) in [5.74, 6) is 0.400. The number of aryl methyl sites for hydroxylation is 2. The van der Waals surface area contributed by atoms with Gasteiger partial charge >= 0.3 is 0 Å². The smallest absolute Gasteiger partial charge is 0.265 e. The fourth-order valence-electron chi connectivity index (χ4n) is 4.95. The number of rotatable bonds is 9. The summed E-state index contributed by atoms with van der Waals surface area (Å²) in [6.07, 6.45) is 8.29. The van der Waals surface area contributed by atoms with Crippen LogP contribution in [0.15, 0.2) is 60.8 Å². The number of hydrogen-bond acceptors (Lipinski definition) is 6. The number of nitrogens with one attached hydrogen (secondary N) is 2. The molecule has 2 aromatic carbocycles. The lowest BCUT2D eigenvalue weighted by Crippen LogP contribution is -2.27. The van der Waals surface area contributed by atoms with E-state index in [9.17, 15) is 9.59 Å². The molecule has 2 amide bonds. The van der Waals surface area contributed by atoms with Gasteiger partial charge in [0.25, 0.3) is 11.8 Å². The maximum Gasteiger partial charge on any atom is 0.265 e. The molecule has 4 aromatic rings. The maximum atomic E-state index is 13.1. The minimum Gasteiger partial charge on any atom is -0.342 e. The Hall–Kier alpha value is -4.04. The number of aromatic nitrogens is 2. The number of carbonyl (C=O) groups excluding carboxylic acids is 2. The van der Waals surface area contributed by atoms with Gasteiger partial charge in [0.1, 0.15) is 0 Å². The van der Waals surface area contributed by atoms with Gasteiger partial charge in [-0.15, -0.1) is 11.3 Å². The molecule has 0 saturated heterocycles. The van der Waals surface area contributed by atoms with Crippen molar-refractivity contribution in [3.8, 4) is 11.3 Å². The number of fused-ring (bicyclic) bond motifs is 1. The van der Waals surface area contributed by atoms with Crippen LogP contribution in [0.4, 0.5) is 17.3 Å². The average molecular weight is 554 g/mol. The Morgan fingerprint density at radius 2 is 1.85 bits per heavy atom. The van der Waals surface area contributed by atoms with Crippen LogP contribution in [0.25, 0.3) is 11.3 Å². The Labute approximate surface area is 239 Å². The lowest BCUT2D eigenvalue weighted by Gasteiger charge is -2.17. The predicted molar refractivity (Wildman–Crippen MR) is 163 cm³/mol. The topological polar surface area (TPSA) is 87.2 Å². The summed E-state index contributed by atoms with van der Waals surface area (Å²) < 4.78 is 0. The minimum absolute atomic E-state index is 0.0133. The van der Waals surface area contributed by atoms with Crippen molar-refractivity contribution in [2.24, 2.45) is 0 Å². The molecule has 5 rings (SSSR count). The van der Waals surface area contributed by atoms with Crippen LogP contribution in [-0.4, -0.2) is 40.3 Å². The summed E-state index contributed by atoms with van der Waals surface area (Å²) >= 11 is 1.62. The van der Waals surface area contributed by atoms with Crippen molar-refractivity contribution in [3.63, 3.8) is 0 Å². The van der Waals surface area contributed by atoms with E-state index in [-0.39, 0.29) is 11.8 Å². The van der Waals surface area contributed by atoms with Gasteiger partial charge in [-0.1, -0.05) is 25.5 Å². The van der Waals surface area contributed by atoms with Gasteiger partial charge in [-0.25, -0.2) is 9.97 Å². The summed E-state index contributed by atoms with van der Waals surface area (Å²) in [5.41, 5.74) is 6.15. The second-order valence-electron chi connectivity index (χ2n) is 10.2. The third kappa shape index (κ3) is 6.23. The fraction of sp³-hybridized carbons (Fsp3) is 0.312. The van der Waals surface area contributed by atoms with Crippen molar-refractivity contribution in [3.05, 3.63) is 87.2 Å². The maximum absolute atomic E-state index is 13.1. The number of benzene rings is 2. The van der Waals surface area contributed by atoms with Crippen molar-refractivity contribution >= 4 is 40.5 Å². The van der Waals surface area contributed by atoms with E-state index < -0.39 is 0 Å². The van der Waals surface area contributed by atoms with Crippen LogP contribution in [-0.2, 0) is 12.8 Å². The zero-order chi connectivity index (χ0) is 28.1. The second-order valence-corrected chi connectivity index (χ2v) is 11.4. The van der Waals surface area contributed by atoms with Crippen molar-refractivity contribution in [2.75, 3.05) is 24.2 Å². The molecule has 0 fully saturated rings. The highest BCUT2D eigenvalue weighted by molar-refractivity contribution is 7.14. The third-order valence-electron chi connectivity index (χ3n) is 7.32. The monoisotopic (exact) mass is 553 g/mol. The Kier molecular flexibility index (Phi) is 8.55. The van der Waals surface area contributed by atoms with Gasteiger partial charge in [0.15, 0.2) is 0 Å². The van der Waals surface area contributed by atoms with Crippen LogP contribution in [0.1, 0.15) is 68.6 Å². The SMILES string of the molecule is CCCCN(C)C(=O)c1ccc(Nc2nccc(-c3cccc(NC(=O)c4cc5c(s4)CCCC5)c3C)n2)cc1. The van der Waals surface area contributed by atoms with Crippen molar-refractivity contribution < 1.29 is 9.59 Å². The molecule has 1 aliphatic carbocycles. The van der Waals surface area contributed by atoms with Gasteiger partial charge in [-0.05, 0) is 92.6 Å². The molecule has 0 aliphatic heterocycles. The summed E-state index contributed by atoms with van der Waals surface area (Å²) in [5, 5.41) is 6.35. The van der Waals surface area contributed by atoms with Crippen LogP contribution in [0.5, 0.6) is 0 Å². The summed E-state index contributed by atoms with van der Waals surface area (Å²) in [4.78, 5) is 38.7. The summed E-state index contributed by atoms with van der Waals surface area (Å²) in [6.45, 7) is 4.85. The Morgan fingerprint density at radius 3 is 2.62 bits per heavy atom. The largest absolute Gasteiger partial charge is 0.342 e. The Morgan fingerprint density at radius 1 is 1.05 bits per heavy atom. The second kappa shape index (κ2) is 12.4. The molecule has 7 nitrogen and oxygen atoms in total. The molecule has 2 heterocycles. The average Bonchev–Trinajstić information content (AvgIpc) is 3.42. The number of amides is 2. The highest BCUT2D eigenvalue weighted by Crippen LogP contribution is 2.32. The zero-order valence-electron chi connectivity index (χ0n) is 23.3. The van der Waals surface area contributed by atoms with Crippen molar-refractivity contribution in [1.82, 2.24) is 14.9 Å². The molecule has 0 saturated carbocycles. The lowest BCUT2D eigenvalue weighted by atomic mass is 9.99. The minimum atomic E-state index is -0.0665. The third-order valence-corrected chi connectivity index (χ3v) is 8.55. The van der Waals surface area contributed by atoms with Crippen LogP contribution in [0, 0.1) is 6.92 Å². The molecule has 0 spiro atoms. The fourth-order valence-corrected chi connectivity index (χ4v) is 6.10. The molecule has 206 valence electrons. The van der Waals surface area contributed by atoms with E-state index in [1.54, 1.807) is 22.4 Å². The Balaban J connectivity index is 1.29. The van der Waals surface area contributed by atoms with Gasteiger partial charge in [0.05, 0.1) is 10.6 Å². The molecule has 40 heavy (non-hydrogen) atoms. The Bertz CT molecular complexity index is 1490. The van der Waals surface area contributed by atoms with Gasteiger partial charge < -0.3 is 15.5 Å². The van der Waals surface area contributed by atoms with E-state index in [0.29, 0.717) is 11.5 Å². The summed E-state index contributed by atoms with van der Waals surface area (Å²) in [7, 11) is 1.83.